The number of likely N-dealkylation sites (N-methyl/N-ethyl adjacent to an activating group) is 2. The molecule has 0 heterocycles. The van der Waals surface area contributed by atoms with Gasteiger partial charge in [0.15, 0.2) is 5.78 Å². The Labute approximate surface area is 246 Å². The Kier molecular flexibility index (Phi) is 21.1. The lowest BCUT2D eigenvalue weighted by Gasteiger charge is -2.30. The monoisotopic (exact) mass is 565 g/mol. The average molecular weight is 566 g/mol. The van der Waals surface area contributed by atoms with Crippen LogP contribution in [0.25, 0.3) is 0 Å². The summed E-state index contributed by atoms with van der Waals surface area (Å²) in [4.78, 5) is 40.7. The predicted octanol–water partition coefficient (Wildman–Crippen LogP) is 5.90. The van der Waals surface area contributed by atoms with Crippen molar-refractivity contribution in [3.63, 3.8) is 0 Å². The molecule has 1 aromatic rings. The van der Waals surface area contributed by atoms with Crippen molar-refractivity contribution in [3.8, 4) is 0 Å². The normalized spacial score (nSPS) is 13.0. The van der Waals surface area contributed by atoms with Crippen molar-refractivity contribution in [1.82, 2.24) is 9.80 Å². The van der Waals surface area contributed by atoms with Crippen LogP contribution in [0.4, 0.5) is 5.69 Å². The summed E-state index contributed by atoms with van der Waals surface area (Å²) in [5.41, 5.74) is 2.94. The lowest BCUT2D eigenvalue weighted by Crippen LogP contribution is -2.43. The van der Waals surface area contributed by atoms with Gasteiger partial charge in [-0.3, -0.25) is 14.4 Å². The molecule has 0 amide bonds. The number of hydrogen-bond acceptors (Lipinski definition) is 7. The third-order valence-electron chi connectivity index (χ3n) is 6.86. The Hall–Kier alpha value is -1.83. The zero-order chi connectivity index (χ0) is 31.6. The Morgan fingerprint density at radius 2 is 1.27 bits per heavy atom. The van der Waals surface area contributed by atoms with Gasteiger partial charge in [0.1, 0.15) is 0 Å². The van der Waals surface area contributed by atoms with Gasteiger partial charge in [-0.25, -0.2) is 0 Å². The number of rotatable bonds is 12. The van der Waals surface area contributed by atoms with Crippen molar-refractivity contribution >= 4 is 11.5 Å². The van der Waals surface area contributed by atoms with Crippen LogP contribution in [-0.4, -0.2) is 82.2 Å². The van der Waals surface area contributed by atoms with E-state index in [4.69, 9.17) is 4.74 Å². The zero-order valence-electron chi connectivity index (χ0n) is 28.6. The van der Waals surface area contributed by atoms with E-state index < -0.39 is 0 Å². The molecule has 1 aliphatic rings. The van der Waals surface area contributed by atoms with Gasteiger partial charge in [0.25, 0.3) is 0 Å². The van der Waals surface area contributed by atoms with Crippen LogP contribution in [0.5, 0.6) is 0 Å². The summed E-state index contributed by atoms with van der Waals surface area (Å²) in [6.07, 6.45) is 1.94. The predicted molar refractivity (Wildman–Crippen MR) is 174 cm³/mol. The Morgan fingerprint density at radius 1 is 0.800 bits per heavy atom. The maximum absolute atomic E-state index is 11.7. The van der Waals surface area contributed by atoms with Gasteiger partial charge in [0.05, 0.1) is 18.9 Å². The second kappa shape index (κ2) is 21.0. The van der Waals surface area contributed by atoms with Crippen molar-refractivity contribution < 1.29 is 9.53 Å². The van der Waals surface area contributed by atoms with Crippen LogP contribution < -0.4 is 15.8 Å². The van der Waals surface area contributed by atoms with E-state index in [0.717, 1.165) is 38.3 Å². The van der Waals surface area contributed by atoms with E-state index in [1.54, 1.807) is 0 Å². The van der Waals surface area contributed by atoms with Gasteiger partial charge in [0.2, 0.25) is 10.9 Å². The van der Waals surface area contributed by atoms with Crippen molar-refractivity contribution in [2.75, 3.05) is 71.5 Å². The lowest BCUT2D eigenvalue weighted by atomic mass is 9.73. The first-order valence-electron chi connectivity index (χ1n) is 15.3. The third kappa shape index (κ3) is 14.2. The third-order valence-corrected chi connectivity index (χ3v) is 6.86. The highest BCUT2D eigenvalue weighted by atomic mass is 16.5. The summed E-state index contributed by atoms with van der Waals surface area (Å²) in [6.45, 7) is 32.2. The molecule has 40 heavy (non-hydrogen) atoms. The van der Waals surface area contributed by atoms with E-state index in [0.29, 0.717) is 43.2 Å². The summed E-state index contributed by atoms with van der Waals surface area (Å²) in [5, 5.41) is 0. The zero-order valence-corrected chi connectivity index (χ0v) is 28.6. The molecule has 0 bridgehead atoms. The molecule has 0 N–H and O–H groups in total. The second-order valence-electron chi connectivity index (χ2n) is 11.8. The molecule has 0 radical (unpaired) electrons. The number of hydrogen-bond donors (Lipinski definition) is 0. The molecule has 0 aromatic heterocycles. The highest BCUT2D eigenvalue weighted by Gasteiger charge is 2.32. The number of ether oxygens (including phenoxy) is 1. The number of allylic oxidation sites excluding steroid dienone is 2. The quantitative estimate of drug-likeness (QED) is 0.231. The Balaban J connectivity index is 0. The number of carbonyl (C=O) groups is 1. The maximum Gasteiger partial charge on any atom is 0.249 e. The van der Waals surface area contributed by atoms with E-state index in [1.165, 1.54) is 12.0 Å². The number of ketones is 1. The molecule has 0 fully saturated rings. The molecule has 1 aliphatic carbocycles. The van der Waals surface area contributed by atoms with E-state index in [1.807, 2.05) is 32.7 Å². The first-order valence-corrected chi connectivity index (χ1v) is 15.3. The minimum Gasteiger partial charge on any atom is -0.378 e. The second-order valence-corrected chi connectivity index (χ2v) is 11.8. The molecule has 0 spiro atoms. The molecule has 0 saturated heterocycles. The fourth-order valence-corrected chi connectivity index (χ4v) is 4.29. The molecule has 0 unspecified atom stereocenters. The van der Waals surface area contributed by atoms with Crippen molar-refractivity contribution in [3.05, 3.63) is 37.2 Å². The molecule has 7 nitrogen and oxygen atoms in total. The molecule has 0 atom stereocenters. The molecule has 234 valence electrons. The summed E-state index contributed by atoms with van der Waals surface area (Å²) < 4.78 is 5.61. The molecule has 0 aliphatic heterocycles. The van der Waals surface area contributed by atoms with Gasteiger partial charge in [-0.2, -0.15) is 0 Å². The number of carbonyl (C=O) groups excluding carboxylic acids is 1. The van der Waals surface area contributed by atoms with E-state index >= 15 is 0 Å². The van der Waals surface area contributed by atoms with Gasteiger partial charge >= 0.3 is 0 Å². The van der Waals surface area contributed by atoms with Gasteiger partial charge in [-0.05, 0) is 51.5 Å². The number of Topliss-reactive ketones (excluding diaryl/α,β-unsaturated/α-hetero) is 1. The van der Waals surface area contributed by atoms with Gasteiger partial charge in [-0.15, -0.1) is 0 Å². The molecule has 0 saturated carbocycles. The van der Waals surface area contributed by atoms with Gasteiger partial charge < -0.3 is 19.4 Å². The van der Waals surface area contributed by atoms with Gasteiger partial charge in [-0.1, -0.05) is 88.2 Å². The van der Waals surface area contributed by atoms with Crippen LogP contribution in [0.15, 0.2) is 20.7 Å². The van der Waals surface area contributed by atoms with Crippen LogP contribution in [0.1, 0.15) is 107 Å². The van der Waals surface area contributed by atoms with Crippen LogP contribution in [0, 0.1) is 5.41 Å². The largest absolute Gasteiger partial charge is 0.378 e. The first kappa shape index (κ1) is 40.3. The summed E-state index contributed by atoms with van der Waals surface area (Å²) in [7, 11) is 3.95. The Morgan fingerprint density at radius 3 is 1.57 bits per heavy atom. The van der Waals surface area contributed by atoms with E-state index in [9.17, 15) is 14.4 Å². The average Bonchev–Trinajstić information content (AvgIpc) is 2.87. The minimum absolute atomic E-state index is 0.0689. The lowest BCUT2D eigenvalue weighted by molar-refractivity contribution is -0.117. The van der Waals surface area contributed by atoms with Crippen molar-refractivity contribution in [2.45, 2.75) is 102 Å². The summed E-state index contributed by atoms with van der Waals surface area (Å²) in [6, 6.07) is 0. The van der Waals surface area contributed by atoms with Crippen LogP contribution in [-0.2, 0) is 9.53 Å². The van der Waals surface area contributed by atoms with E-state index in [-0.39, 0.29) is 22.2 Å². The highest BCUT2D eigenvalue weighted by Crippen LogP contribution is 2.37. The van der Waals surface area contributed by atoms with Crippen LogP contribution in [0.3, 0.4) is 0 Å². The Bertz CT molecular complexity index is 929. The standard InChI is InChI=1S/C16H28N2O3.C9H14O.C5H13N.C3H8/c1-6-18(7-2)9-11-21-10-8-17(5)14-13(12(3)4)15(19)16(14)20;1-6-5-7(10)8(6)9(2,3)4;1-4-6(3)5-2;1-3-2/h12H,6-11H2,1-5H3;5H2,1-4H3;4-5H2,1-3H3;3H2,1-2H3. The van der Waals surface area contributed by atoms with Gasteiger partial charge in [0, 0.05) is 37.7 Å². The molecule has 1 aromatic carbocycles. The van der Waals surface area contributed by atoms with Crippen LogP contribution in [0.2, 0.25) is 0 Å². The first-order chi connectivity index (χ1) is 18.6. The highest BCUT2D eigenvalue weighted by molar-refractivity contribution is 6.05. The summed E-state index contributed by atoms with van der Waals surface area (Å²) >= 11 is 0. The van der Waals surface area contributed by atoms with E-state index in [2.05, 4.69) is 79.2 Å². The summed E-state index contributed by atoms with van der Waals surface area (Å²) in [5.74, 6) is 0.432. The smallest absolute Gasteiger partial charge is 0.249 e. The van der Waals surface area contributed by atoms with Crippen molar-refractivity contribution in [2.24, 2.45) is 5.41 Å². The SMILES string of the molecule is CC1=C(C(C)(C)C)C(=O)C1.CCC.CCN(C)CC.CCN(CC)CCOCCN(C)c1c(C(C)C)c(=O)c1=O. The minimum atomic E-state index is -0.357. The van der Waals surface area contributed by atoms with Crippen molar-refractivity contribution in [1.29, 1.82) is 0 Å². The van der Waals surface area contributed by atoms with Crippen LogP contribution >= 0.6 is 0 Å². The maximum atomic E-state index is 11.7. The molecular weight excluding hydrogens is 502 g/mol. The molecule has 2 rings (SSSR count). The molecular formula is C33H63N3O4. The fraction of sp³-hybridized carbons (Fsp3) is 0.788. The molecule has 7 heteroatoms. The number of nitrogens with zero attached hydrogens (tertiary/aromatic N) is 3. The fourth-order valence-electron chi connectivity index (χ4n) is 4.29. The number of anilines is 1. The topological polar surface area (TPSA) is 70.2 Å².